The molecule has 108 valence electrons. The SMILES string of the molecule is Cc1ccc(C(NC2=NCCCCC2)C2CC2)c(C)c1. The normalized spacial score (nSPS) is 21.0. The summed E-state index contributed by atoms with van der Waals surface area (Å²) in [5.74, 6) is 2.06. The molecule has 0 amide bonds. The Morgan fingerprint density at radius 3 is 2.75 bits per heavy atom. The van der Waals surface area contributed by atoms with Crippen molar-refractivity contribution in [3.8, 4) is 0 Å². The van der Waals surface area contributed by atoms with Gasteiger partial charge in [-0.15, -0.1) is 0 Å². The first-order valence-electron chi connectivity index (χ1n) is 8.11. The summed E-state index contributed by atoms with van der Waals surface area (Å²) in [6.45, 7) is 5.42. The number of hydrogen-bond acceptors (Lipinski definition) is 2. The van der Waals surface area contributed by atoms with Gasteiger partial charge in [-0.1, -0.05) is 30.2 Å². The van der Waals surface area contributed by atoms with Crippen LogP contribution >= 0.6 is 0 Å². The molecule has 3 rings (SSSR count). The van der Waals surface area contributed by atoms with Crippen molar-refractivity contribution in [3.63, 3.8) is 0 Å². The fraction of sp³-hybridized carbons (Fsp3) is 0.611. The van der Waals surface area contributed by atoms with Gasteiger partial charge in [0.25, 0.3) is 0 Å². The first kappa shape index (κ1) is 13.7. The average molecular weight is 270 g/mol. The Labute approximate surface area is 122 Å². The molecule has 1 saturated carbocycles. The van der Waals surface area contributed by atoms with E-state index in [2.05, 4.69) is 37.4 Å². The Kier molecular flexibility index (Phi) is 4.09. The summed E-state index contributed by atoms with van der Waals surface area (Å²) in [7, 11) is 0. The maximum Gasteiger partial charge on any atom is 0.0967 e. The molecule has 0 bridgehead atoms. The summed E-state index contributed by atoms with van der Waals surface area (Å²) in [6.07, 6.45) is 7.72. The lowest BCUT2D eigenvalue weighted by molar-refractivity contribution is 0.560. The molecule has 0 saturated heterocycles. The monoisotopic (exact) mass is 270 g/mol. The van der Waals surface area contributed by atoms with E-state index in [0.29, 0.717) is 6.04 Å². The maximum atomic E-state index is 4.75. The van der Waals surface area contributed by atoms with Crippen LogP contribution in [0.4, 0.5) is 0 Å². The zero-order valence-electron chi connectivity index (χ0n) is 12.8. The highest BCUT2D eigenvalue weighted by atomic mass is 15.0. The van der Waals surface area contributed by atoms with E-state index in [1.54, 1.807) is 0 Å². The number of benzene rings is 1. The van der Waals surface area contributed by atoms with Crippen LogP contribution in [0.1, 0.15) is 61.3 Å². The predicted octanol–water partition coefficient (Wildman–Crippen LogP) is 4.32. The van der Waals surface area contributed by atoms with Gasteiger partial charge in [0, 0.05) is 13.0 Å². The molecular formula is C18H26N2. The Balaban J connectivity index is 1.80. The second-order valence-electron chi connectivity index (χ2n) is 6.46. The summed E-state index contributed by atoms with van der Waals surface area (Å²) in [5, 5.41) is 3.78. The van der Waals surface area contributed by atoms with E-state index in [1.807, 2.05) is 0 Å². The first-order chi connectivity index (χ1) is 9.74. The minimum absolute atomic E-state index is 0.479. The van der Waals surface area contributed by atoms with Gasteiger partial charge >= 0.3 is 0 Å². The first-order valence-corrected chi connectivity index (χ1v) is 8.11. The molecule has 1 atom stereocenters. The van der Waals surface area contributed by atoms with E-state index in [-0.39, 0.29) is 0 Å². The van der Waals surface area contributed by atoms with E-state index < -0.39 is 0 Å². The average Bonchev–Trinajstić information content (AvgIpc) is 3.25. The van der Waals surface area contributed by atoms with Gasteiger partial charge in [-0.2, -0.15) is 0 Å². The minimum atomic E-state index is 0.479. The van der Waals surface area contributed by atoms with Crippen molar-refractivity contribution in [2.45, 2.75) is 58.4 Å². The Bertz CT molecular complexity index is 500. The number of hydrogen-bond donors (Lipinski definition) is 1. The highest BCUT2D eigenvalue weighted by Crippen LogP contribution is 2.42. The van der Waals surface area contributed by atoms with Crippen molar-refractivity contribution in [1.29, 1.82) is 0 Å². The lowest BCUT2D eigenvalue weighted by Gasteiger charge is -2.23. The molecule has 0 radical (unpaired) electrons. The molecule has 1 aromatic carbocycles. The van der Waals surface area contributed by atoms with Crippen molar-refractivity contribution in [1.82, 2.24) is 5.32 Å². The maximum absolute atomic E-state index is 4.75. The summed E-state index contributed by atoms with van der Waals surface area (Å²) in [4.78, 5) is 4.75. The molecule has 1 N–H and O–H groups in total. The Hall–Kier alpha value is -1.31. The fourth-order valence-electron chi connectivity index (χ4n) is 3.23. The second-order valence-corrected chi connectivity index (χ2v) is 6.46. The quantitative estimate of drug-likeness (QED) is 0.869. The minimum Gasteiger partial charge on any atom is -0.367 e. The number of nitrogens with one attached hydrogen (secondary N) is 1. The molecule has 2 aliphatic rings. The number of aliphatic imine (C=N–C) groups is 1. The van der Waals surface area contributed by atoms with Crippen LogP contribution < -0.4 is 5.32 Å². The molecule has 1 aromatic rings. The van der Waals surface area contributed by atoms with E-state index >= 15 is 0 Å². The zero-order chi connectivity index (χ0) is 13.9. The molecule has 1 heterocycles. The fourth-order valence-corrected chi connectivity index (χ4v) is 3.23. The van der Waals surface area contributed by atoms with E-state index in [4.69, 9.17) is 4.99 Å². The molecule has 1 aliphatic heterocycles. The predicted molar refractivity (Wildman–Crippen MR) is 85.3 cm³/mol. The van der Waals surface area contributed by atoms with Crippen molar-refractivity contribution >= 4 is 5.84 Å². The molecule has 0 aromatic heterocycles. The highest BCUT2D eigenvalue weighted by Gasteiger charge is 2.33. The lowest BCUT2D eigenvalue weighted by atomic mass is 9.95. The third-order valence-corrected chi connectivity index (χ3v) is 4.55. The van der Waals surface area contributed by atoms with Crippen LogP contribution in [0.3, 0.4) is 0 Å². The van der Waals surface area contributed by atoms with Crippen LogP contribution in [-0.4, -0.2) is 12.4 Å². The lowest BCUT2D eigenvalue weighted by Crippen LogP contribution is -2.30. The standard InChI is InChI=1S/C18H26N2/c1-13-7-10-16(14(2)12-13)18(15-8-9-15)20-17-6-4-3-5-11-19-17/h7,10,12,15,18H,3-6,8-9,11H2,1-2H3,(H,19,20). The van der Waals surface area contributed by atoms with Crippen LogP contribution in [0.25, 0.3) is 0 Å². The molecule has 2 nitrogen and oxygen atoms in total. The number of nitrogens with zero attached hydrogens (tertiary/aromatic N) is 1. The Morgan fingerprint density at radius 2 is 2.00 bits per heavy atom. The summed E-state index contributed by atoms with van der Waals surface area (Å²) < 4.78 is 0. The van der Waals surface area contributed by atoms with Crippen LogP contribution in [-0.2, 0) is 0 Å². The largest absolute Gasteiger partial charge is 0.367 e. The van der Waals surface area contributed by atoms with Gasteiger partial charge in [-0.05, 0) is 56.6 Å². The number of aryl methyl sites for hydroxylation is 2. The van der Waals surface area contributed by atoms with Crippen molar-refractivity contribution in [2.24, 2.45) is 10.9 Å². The van der Waals surface area contributed by atoms with Gasteiger partial charge in [0.1, 0.15) is 0 Å². The number of amidine groups is 1. The van der Waals surface area contributed by atoms with Gasteiger partial charge in [0.2, 0.25) is 0 Å². The van der Waals surface area contributed by atoms with Gasteiger partial charge in [0.15, 0.2) is 0 Å². The van der Waals surface area contributed by atoms with Gasteiger partial charge in [-0.3, -0.25) is 4.99 Å². The highest BCUT2D eigenvalue weighted by molar-refractivity contribution is 5.82. The summed E-state index contributed by atoms with van der Waals surface area (Å²) >= 11 is 0. The zero-order valence-corrected chi connectivity index (χ0v) is 12.8. The van der Waals surface area contributed by atoms with E-state index in [9.17, 15) is 0 Å². The summed E-state index contributed by atoms with van der Waals surface area (Å²) in [5.41, 5.74) is 4.25. The van der Waals surface area contributed by atoms with Crippen LogP contribution in [0.2, 0.25) is 0 Å². The summed E-state index contributed by atoms with van der Waals surface area (Å²) in [6, 6.07) is 7.35. The van der Waals surface area contributed by atoms with Gasteiger partial charge < -0.3 is 5.32 Å². The third-order valence-electron chi connectivity index (χ3n) is 4.55. The molecule has 20 heavy (non-hydrogen) atoms. The Morgan fingerprint density at radius 1 is 1.15 bits per heavy atom. The van der Waals surface area contributed by atoms with Crippen molar-refractivity contribution in [2.75, 3.05) is 6.54 Å². The van der Waals surface area contributed by atoms with E-state index in [0.717, 1.165) is 18.9 Å². The number of rotatable bonds is 3. The molecule has 1 aliphatic carbocycles. The molecule has 0 spiro atoms. The van der Waals surface area contributed by atoms with Crippen LogP contribution in [0.5, 0.6) is 0 Å². The third kappa shape index (κ3) is 3.23. The van der Waals surface area contributed by atoms with Crippen molar-refractivity contribution in [3.05, 3.63) is 34.9 Å². The molecule has 2 heteroatoms. The van der Waals surface area contributed by atoms with E-state index in [1.165, 1.54) is 54.6 Å². The van der Waals surface area contributed by atoms with Gasteiger partial charge in [0.05, 0.1) is 11.9 Å². The van der Waals surface area contributed by atoms with Crippen LogP contribution in [0.15, 0.2) is 23.2 Å². The smallest absolute Gasteiger partial charge is 0.0967 e. The molecule has 1 fully saturated rings. The van der Waals surface area contributed by atoms with Gasteiger partial charge in [-0.25, -0.2) is 0 Å². The molecule has 1 unspecified atom stereocenters. The van der Waals surface area contributed by atoms with Crippen LogP contribution in [0, 0.1) is 19.8 Å². The second kappa shape index (κ2) is 5.99. The van der Waals surface area contributed by atoms with Crippen molar-refractivity contribution < 1.29 is 0 Å². The topological polar surface area (TPSA) is 24.4 Å². The molecular weight excluding hydrogens is 244 g/mol.